The molecule has 1 nitrogen and oxygen atoms in total. The van der Waals surface area contributed by atoms with Crippen LogP contribution in [0.5, 0.6) is 0 Å². The second-order valence-corrected chi connectivity index (χ2v) is 4.21. The van der Waals surface area contributed by atoms with Gasteiger partial charge in [-0.1, -0.05) is 18.2 Å². The first-order valence-corrected chi connectivity index (χ1v) is 5.68. The molecule has 20 heavy (non-hydrogen) atoms. The smallest absolute Gasteiger partial charge is 0.326 e. The molecule has 6 heteroatoms. The van der Waals surface area contributed by atoms with E-state index in [2.05, 4.69) is 0 Å². The van der Waals surface area contributed by atoms with Crippen LogP contribution in [0.25, 0.3) is 11.1 Å². The normalized spacial score (nSPS) is 11.7. The van der Waals surface area contributed by atoms with E-state index in [4.69, 9.17) is 5.73 Å². The van der Waals surface area contributed by atoms with Gasteiger partial charge in [-0.3, -0.25) is 0 Å². The van der Waals surface area contributed by atoms with Crippen LogP contribution in [0.15, 0.2) is 36.4 Å². The van der Waals surface area contributed by atoms with Gasteiger partial charge in [0, 0.05) is 12.1 Å². The van der Waals surface area contributed by atoms with Crippen molar-refractivity contribution in [2.75, 3.05) is 0 Å². The van der Waals surface area contributed by atoms with E-state index in [1.165, 1.54) is 18.2 Å². The zero-order chi connectivity index (χ0) is 14.9. The monoisotopic (exact) mass is 287 g/mol. The molecule has 0 aromatic heterocycles. The predicted octanol–water partition coefficient (Wildman–Crippen LogP) is 4.11. The van der Waals surface area contributed by atoms with Crippen molar-refractivity contribution < 1.29 is 22.0 Å². The molecule has 106 valence electrons. The molecule has 0 spiro atoms. The summed E-state index contributed by atoms with van der Waals surface area (Å²) in [7, 11) is 0. The highest BCUT2D eigenvalue weighted by molar-refractivity contribution is 5.65. The first-order chi connectivity index (χ1) is 9.32. The molecule has 0 bridgehead atoms. The molecule has 0 amide bonds. The van der Waals surface area contributed by atoms with Gasteiger partial charge >= 0.3 is 6.18 Å². The Morgan fingerprint density at radius 2 is 1.60 bits per heavy atom. The van der Waals surface area contributed by atoms with Crippen molar-refractivity contribution in [1.82, 2.24) is 0 Å². The Labute approximate surface area is 111 Å². The Morgan fingerprint density at radius 1 is 0.900 bits per heavy atom. The zero-order valence-electron chi connectivity index (χ0n) is 10.1. The molecule has 2 rings (SSSR count). The molecule has 2 aromatic carbocycles. The zero-order valence-corrected chi connectivity index (χ0v) is 10.1. The summed E-state index contributed by atoms with van der Waals surface area (Å²) >= 11 is 0. The third-order valence-electron chi connectivity index (χ3n) is 2.85. The predicted molar refractivity (Wildman–Crippen MR) is 64.7 cm³/mol. The minimum atomic E-state index is -4.77. The second kappa shape index (κ2) is 5.20. The number of alkyl halides is 3. The summed E-state index contributed by atoms with van der Waals surface area (Å²) in [5, 5.41) is 0. The van der Waals surface area contributed by atoms with E-state index < -0.39 is 23.4 Å². The lowest BCUT2D eigenvalue weighted by atomic mass is 10.0. The van der Waals surface area contributed by atoms with Crippen molar-refractivity contribution in [2.45, 2.75) is 12.7 Å². The Hall–Kier alpha value is -1.95. The van der Waals surface area contributed by atoms with Crippen molar-refractivity contribution in [1.29, 1.82) is 0 Å². The average molecular weight is 287 g/mol. The van der Waals surface area contributed by atoms with Crippen LogP contribution in [0.4, 0.5) is 22.0 Å². The van der Waals surface area contributed by atoms with Crippen LogP contribution in [-0.2, 0) is 12.7 Å². The van der Waals surface area contributed by atoms with Crippen LogP contribution in [-0.4, -0.2) is 0 Å². The molecule has 0 aliphatic carbocycles. The van der Waals surface area contributed by atoms with Gasteiger partial charge < -0.3 is 5.73 Å². The third-order valence-corrected chi connectivity index (χ3v) is 2.85. The van der Waals surface area contributed by atoms with Gasteiger partial charge in [-0.25, -0.2) is 8.78 Å². The molecule has 0 aliphatic heterocycles. The highest BCUT2D eigenvalue weighted by atomic mass is 19.4. The molecule has 0 fully saturated rings. The fourth-order valence-electron chi connectivity index (χ4n) is 1.83. The SMILES string of the molecule is NCc1ccc(-c2ccc(C(F)(F)F)c(F)c2)c(F)c1. The number of halogens is 5. The van der Waals surface area contributed by atoms with Crippen molar-refractivity contribution in [3.8, 4) is 11.1 Å². The van der Waals surface area contributed by atoms with Crippen molar-refractivity contribution in [3.63, 3.8) is 0 Å². The van der Waals surface area contributed by atoms with Crippen LogP contribution in [0.1, 0.15) is 11.1 Å². The van der Waals surface area contributed by atoms with Gasteiger partial charge in [-0.2, -0.15) is 13.2 Å². The first-order valence-electron chi connectivity index (χ1n) is 5.68. The molecule has 0 unspecified atom stereocenters. The highest BCUT2D eigenvalue weighted by Crippen LogP contribution is 2.34. The Balaban J connectivity index is 2.47. The van der Waals surface area contributed by atoms with Crippen molar-refractivity contribution in [2.24, 2.45) is 5.73 Å². The molecule has 2 N–H and O–H groups in total. The molecular formula is C14H10F5N. The van der Waals surface area contributed by atoms with E-state index in [1.807, 2.05) is 0 Å². The molecular weight excluding hydrogens is 277 g/mol. The maximum absolute atomic E-state index is 13.8. The minimum Gasteiger partial charge on any atom is -0.326 e. The number of nitrogens with two attached hydrogens (primary N) is 1. The maximum Gasteiger partial charge on any atom is 0.419 e. The second-order valence-electron chi connectivity index (χ2n) is 4.21. The molecule has 2 aromatic rings. The van der Waals surface area contributed by atoms with Gasteiger partial charge in [-0.15, -0.1) is 0 Å². The number of benzene rings is 2. The van der Waals surface area contributed by atoms with Gasteiger partial charge in [-0.05, 0) is 29.3 Å². The summed E-state index contributed by atoms with van der Waals surface area (Å²) in [6.45, 7) is 0.137. The third kappa shape index (κ3) is 2.80. The quantitative estimate of drug-likeness (QED) is 0.826. The molecule has 0 saturated heterocycles. The minimum absolute atomic E-state index is 0.0230. The topological polar surface area (TPSA) is 26.0 Å². The van der Waals surface area contributed by atoms with Gasteiger partial charge in [0.15, 0.2) is 0 Å². The molecule has 0 atom stereocenters. The number of rotatable bonds is 2. The highest BCUT2D eigenvalue weighted by Gasteiger charge is 2.34. The number of hydrogen-bond acceptors (Lipinski definition) is 1. The van der Waals surface area contributed by atoms with E-state index in [0.717, 1.165) is 6.07 Å². The lowest BCUT2D eigenvalue weighted by Gasteiger charge is -2.10. The molecule has 0 heterocycles. The largest absolute Gasteiger partial charge is 0.419 e. The lowest BCUT2D eigenvalue weighted by Crippen LogP contribution is -2.08. The fraction of sp³-hybridized carbons (Fsp3) is 0.143. The molecule has 0 aliphatic rings. The van der Waals surface area contributed by atoms with E-state index >= 15 is 0 Å². The van der Waals surface area contributed by atoms with Crippen LogP contribution in [0, 0.1) is 11.6 Å². The van der Waals surface area contributed by atoms with Gasteiger partial charge in [0.25, 0.3) is 0 Å². The van der Waals surface area contributed by atoms with E-state index in [9.17, 15) is 22.0 Å². The van der Waals surface area contributed by atoms with E-state index in [1.54, 1.807) is 0 Å². The van der Waals surface area contributed by atoms with Crippen LogP contribution >= 0.6 is 0 Å². The summed E-state index contributed by atoms with van der Waals surface area (Å²) in [6.07, 6.45) is -4.77. The molecule has 0 saturated carbocycles. The standard InChI is InChI=1S/C14H10F5N/c15-12-5-8(7-20)1-3-10(12)9-2-4-11(13(16)6-9)14(17,18)19/h1-6H,7,20H2. The van der Waals surface area contributed by atoms with Gasteiger partial charge in [0.2, 0.25) is 0 Å². The van der Waals surface area contributed by atoms with E-state index in [-0.39, 0.29) is 17.7 Å². The van der Waals surface area contributed by atoms with E-state index in [0.29, 0.717) is 17.7 Å². The Kier molecular flexibility index (Phi) is 3.76. The van der Waals surface area contributed by atoms with Crippen molar-refractivity contribution >= 4 is 0 Å². The summed E-state index contributed by atoms with van der Waals surface area (Å²) < 4.78 is 64.5. The fourth-order valence-corrected chi connectivity index (χ4v) is 1.83. The van der Waals surface area contributed by atoms with Gasteiger partial charge in [0.1, 0.15) is 11.6 Å². The summed E-state index contributed by atoms with van der Waals surface area (Å²) in [5.41, 5.74) is 4.57. The van der Waals surface area contributed by atoms with Gasteiger partial charge in [0.05, 0.1) is 5.56 Å². The van der Waals surface area contributed by atoms with Crippen LogP contribution < -0.4 is 5.73 Å². The summed E-state index contributed by atoms with van der Waals surface area (Å²) in [4.78, 5) is 0. The van der Waals surface area contributed by atoms with Crippen LogP contribution in [0.3, 0.4) is 0 Å². The summed E-state index contributed by atoms with van der Waals surface area (Å²) in [5.74, 6) is -2.09. The maximum atomic E-state index is 13.8. The summed E-state index contributed by atoms with van der Waals surface area (Å²) in [6, 6.07) is 6.37. The first kappa shape index (κ1) is 14.5. The Bertz CT molecular complexity index is 634. The Morgan fingerprint density at radius 3 is 2.10 bits per heavy atom. The average Bonchev–Trinajstić information content (AvgIpc) is 2.36. The van der Waals surface area contributed by atoms with Crippen LogP contribution in [0.2, 0.25) is 0 Å². The molecule has 0 radical (unpaired) electrons. The number of hydrogen-bond donors (Lipinski definition) is 1. The lowest BCUT2D eigenvalue weighted by molar-refractivity contribution is -0.139. The van der Waals surface area contributed by atoms with Crippen molar-refractivity contribution in [3.05, 3.63) is 59.2 Å².